The van der Waals surface area contributed by atoms with Gasteiger partial charge in [-0.05, 0) is 6.92 Å². The molecule has 124 valence electrons. The minimum atomic E-state index is -0.332. The number of rotatable bonds is 6. The summed E-state index contributed by atoms with van der Waals surface area (Å²) >= 11 is 1.47. The lowest BCUT2D eigenvalue weighted by Gasteiger charge is -2.06. The molecule has 10 heteroatoms. The Labute approximate surface area is 140 Å². The molecule has 3 aromatic heterocycles. The molecular weight excluding hydrogens is 332 g/mol. The van der Waals surface area contributed by atoms with E-state index < -0.39 is 0 Å². The maximum absolute atomic E-state index is 12.4. The van der Waals surface area contributed by atoms with Gasteiger partial charge in [-0.15, -0.1) is 11.3 Å². The van der Waals surface area contributed by atoms with E-state index in [0.717, 1.165) is 5.01 Å². The maximum atomic E-state index is 12.4. The van der Waals surface area contributed by atoms with Gasteiger partial charge in [0.25, 0.3) is 11.4 Å². The zero-order valence-electron chi connectivity index (χ0n) is 12.8. The third-order valence-electron chi connectivity index (χ3n) is 3.16. The van der Waals surface area contributed by atoms with E-state index >= 15 is 0 Å². The number of hydrogen-bond donors (Lipinski definition) is 1. The fraction of sp³-hybridized carbons (Fsp3) is 0.286. The number of nitrogens with one attached hydrogen (secondary N) is 1. The van der Waals surface area contributed by atoms with Crippen LogP contribution < -0.4 is 10.9 Å². The summed E-state index contributed by atoms with van der Waals surface area (Å²) in [6.45, 7) is 2.25. The highest BCUT2D eigenvalue weighted by atomic mass is 32.1. The van der Waals surface area contributed by atoms with Crippen molar-refractivity contribution < 1.29 is 9.32 Å². The Balaban J connectivity index is 1.63. The van der Waals surface area contributed by atoms with Crippen molar-refractivity contribution in [3.8, 4) is 11.5 Å². The van der Waals surface area contributed by atoms with Gasteiger partial charge in [0.15, 0.2) is 5.82 Å². The molecule has 3 rings (SSSR count). The second-order valence-electron chi connectivity index (χ2n) is 4.91. The van der Waals surface area contributed by atoms with E-state index in [4.69, 9.17) is 4.52 Å². The largest absolute Gasteiger partial charge is 0.350 e. The van der Waals surface area contributed by atoms with E-state index in [9.17, 15) is 9.59 Å². The van der Waals surface area contributed by atoms with Gasteiger partial charge in [-0.25, -0.2) is 9.97 Å². The van der Waals surface area contributed by atoms with Crippen molar-refractivity contribution >= 4 is 17.2 Å². The number of hydrogen-bond acceptors (Lipinski definition) is 8. The fourth-order valence-electron chi connectivity index (χ4n) is 1.99. The van der Waals surface area contributed by atoms with E-state index in [2.05, 4.69) is 25.4 Å². The predicted octanol–water partition coefficient (Wildman–Crippen LogP) is 0.765. The molecular formula is C14H14N6O3S. The molecule has 0 bridgehead atoms. The van der Waals surface area contributed by atoms with Gasteiger partial charge in [-0.1, -0.05) is 5.16 Å². The molecule has 24 heavy (non-hydrogen) atoms. The van der Waals surface area contributed by atoms with E-state index in [0.29, 0.717) is 12.4 Å². The van der Waals surface area contributed by atoms with Crippen LogP contribution in [-0.2, 0) is 17.9 Å². The third-order valence-corrected chi connectivity index (χ3v) is 3.94. The Morgan fingerprint density at radius 3 is 3.04 bits per heavy atom. The molecule has 0 aliphatic carbocycles. The second kappa shape index (κ2) is 7.13. The number of thiazole rings is 1. The van der Waals surface area contributed by atoms with Gasteiger partial charge in [0.05, 0.1) is 12.9 Å². The maximum Gasteiger partial charge on any atom is 0.266 e. The van der Waals surface area contributed by atoms with Gasteiger partial charge in [0.2, 0.25) is 5.91 Å². The summed E-state index contributed by atoms with van der Waals surface area (Å²) in [6.07, 6.45) is 4.58. The third kappa shape index (κ3) is 3.71. The van der Waals surface area contributed by atoms with Crippen LogP contribution in [0.1, 0.15) is 17.3 Å². The number of carbonyl (C=O) groups is 1. The Bertz CT molecular complexity index is 886. The van der Waals surface area contributed by atoms with Crippen LogP contribution in [0.4, 0.5) is 0 Å². The highest BCUT2D eigenvalue weighted by molar-refractivity contribution is 7.09. The Morgan fingerprint density at radius 2 is 2.33 bits per heavy atom. The van der Waals surface area contributed by atoms with Crippen LogP contribution in [0, 0.1) is 6.92 Å². The van der Waals surface area contributed by atoms with Crippen LogP contribution in [0.3, 0.4) is 0 Å². The monoisotopic (exact) mass is 346 g/mol. The molecule has 1 N–H and O–H groups in total. The molecule has 3 aromatic rings. The smallest absolute Gasteiger partial charge is 0.266 e. The van der Waals surface area contributed by atoms with Crippen LogP contribution in [0.15, 0.2) is 33.4 Å². The molecule has 0 saturated carbocycles. The Kier molecular flexibility index (Phi) is 4.75. The molecule has 9 nitrogen and oxygen atoms in total. The summed E-state index contributed by atoms with van der Waals surface area (Å²) in [7, 11) is 0. The molecule has 0 radical (unpaired) electrons. The molecule has 0 atom stereocenters. The normalized spacial score (nSPS) is 10.7. The SMILES string of the molecule is Cc1noc(-c2cncn(CCC(=O)NCc3nccs3)c2=O)n1. The highest BCUT2D eigenvalue weighted by Gasteiger charge is 2.13. The van der Waals surface area contributed by atoms with Crippen molar-refractivity contribution in [3.63, 3.8) is 0 Å². The first-order valence-electron chi connectivity index (χ1n) is 7.13. The summed E-state index contributed by atoms with van der Waals surface area (Å²) in [5.74, 6) is 0.380. The molecule has 0 fully saturated rings. The standard InChI is InChI=1S/C14H14N6O3S/c1-9-18-13(23-19-9)10-6-15-8-20(14(10)22)4-2-11(21)17-7-12-16-3-5-24-12/h3,5-6,8H,2,4,7H2,1H3,(H,17,21). The first-order chi connectivity index (χ1) is 11.6. The lowest BCUT2D eigenvalue weighted by Crippen LogP contribution is -2.27. The Morgan fingerprint density at radius 1 is 1.46 bits per heavy atom. The fourth-order valence-corrected chi connectivity index (χ4v) is 2.54. The lowest BCUT2D eigenvalue weighted by atomic mass is 10.3. The summed E-state index contributed by atoms with van der Waals surface area (Å²) in [5, 5.41) is 9.09. The van der Waals surface area contributed by atoms with Gasteiger partial charge < -0.3 is 9.84 Å². The zero-order valence-corrected chi connectivity index (χ0v) is 13.6. The van der Waals surface area contributed by atoms with Crippen LogP contribution in [-0.4, -0.2) is 30.6 Å². The minimum Gasteiger partial charge on any atom is -0.350 e. The number of amides is 1. The molecule has 0 aliphatic heterocycles. The van der Waals surface area contributed by atoms with Crippen LogP contribution in [0.2, 0.25) is 0 Å². The average molecular weight is 346 g/mol. The first-order valence-corrected chi connectivity index (χ1v) is 8.01. The van der Waals surface area contributed by atoms with Crippen molar-refractivity contribution in [1.82, 2.24) is 30.0 Å². The topological polar surface area (TPSA) is 116 Å². The van der Waals surface area contributed by atoms with Crippen LogP contribution in [0.25, 0.3) is 11.5 Å². The molecule has 0 saturated heterocycles. The molecule has 0 aliphatic rings. The predicted molar refractivity (Wildman–Crippen MR) is 85.1 cm³/mol. The first kappa shape index (κ1) is 16.0. The summed E-state index contributed by atoms with van der Waals surface area (Å²) in [6, 6.07) is 0. The van der Waals surface area contributed by atoms with Gasteiger partial charge in [0, 0.05) is 30.7 Å². The number of aromatic nitrogens is 5. The molecule has 1 amide bonds. The van der Waals surface area contributed by atoms with Gasteiger partial charge in [-0.2, -0.15) is 4.98 Å². The highest BCUT2D eigenvalue weighted by Crippen LogP contribution is 2.10. The molecule has 3 heterocycles. The van der Waals surface area contributed by atoms with Crippen LogP contribution >= 0.6 is 11.3 Å². The van der Waals surface area contributed by atoms with E-state index in [1.54, 1.807) is 13.1 Å². The van der Waals surface area contributed by atoms with Gasteiger partial charge in [-0.3, -0.25) is 14.2 Å². The van der Waals surface area contributed by atoms with Crippen molar-refractivity contribution in [2.24, 2.45) is 0 Å². The zero-order chi connectivity index (χ0) is 16.9. The van der Waals surface area contributed by atoms with Crippen molar-refractivity contribution in [2.45, 2.75) is 26.4 Å². The quantitative estimate of drug-likeness (QED) is 0.700. The minimum absolute atomic E-state index is 0.118. The van der Waals surface area contributed by atoms with Crippen molar-refractivity contribution in [2.75, 3.05) is 0 Å². The Hall–Kier alpha value is -2.88. The number of nitrogens with zero attached hydrogens (tertiary/aromatic N) is 5. The van der Waals surface area contributed by atoms with Gasteiger partial charge >= 0.3 is 0 Å². The van der Waals surface area contributed by atoms with Crippen molar-refractivity contribution in [3.05, 3.63) is 45.3 Å². The van der Waals surface area contributed by atoms with E-state index in [1.165, 1.54) is 28.4 Å². The summed E-state index contributed by atoms with van der Waals surface area (Å²) in [5.41, 5.74) is -0.123. The van der Waals surface area contributed by atoms with E-state index in [1.807, 2.05) is 5.38 Å². The van der Waals surface area contributed by atoms with E-state index in [-0.39, 0.29) is 35.9 Å². The summed E-state index contributed by atoms with van der Waals surface area (Å²) in [4.78, 5) is 36.4. The molecule has 0 aromatic carbocycles. The lowest BCUT2D eigenvalue weighted by molar-refractivity contribution is -0.121. The second-order valence-corrected chi connectivity index (χ2v) is 5.88. The number of aryl methyl sites for hydroxylation is 2. The van der Waals surface area contributed by atoms with Crippen molar-refractivity contribution in [1.29, 1.82) is 0 Å². The van der Waals surface area contributed by atoms with Gasteiger partial charge in [0.1, 0.15) is 10.6 Å². The van der Waals surface area contributed by atoms with Crippen LogP contribution in [0.5, 0.6) is 0 Å². The molecule has 0 unspecified atom stereocenters. The molecule has 0 spiro atoms. The summed E-state index contributed by atoms with van der Waals surface area (Å²) < 4.78 is 6.34. The number of carbonyl (C=O) groups excluding carboxylic acids is 1. The average Bonchev–Trinajstić information content (AvgIpc) is 3.23.